The Morgan fingerprint density at radius 2 is 0.500 bits per heavy atom. The maximum atomic E-state index is 12.8. The van der Waals surface area contributed by atoms with Gasteiger partial charge in [-0.15, -0.1) is 0 Å². The molecule has 0 rings (SSSR count). The zero-order chi connectivity index (χ0) is 47.9. The molecule has 0 radical (unpaired) electrons. The molecule has 6 heteroatoms. The van der Waals surface area contributed by atoms with Gasteiger partial charge >= 0.3 is 17.9 Å². The monoisotopic (exact) mass is 927 g/mol. The van der Waals surface area contributed by atoms with Crippen LogP contribution in [0, 0.1) is 0 Å². The minimum absolute atomic E-state index is 0.0804. The Labute approximate surface area is 410 Å². The van der Waals surface area contributed by atoms with Crippen LogP contribution in [0.15, 0.2) is 36.5 Å². The van der Waals surface area contributed by atoms with Crippen molar-refractivity contribution in [3.05, 3.63) is 36.5 Å². The van der Waals surface area contributed by atoms with Gasteiger partial charge in [-0.3, -0.25) is 14.4 Å². The van der Waals surface area contributed by atoms with E-state index in [0.717, 1.165) is 77.0 Å². The molecule has 0 spiro atoms. The van der Waals surface area contributed by atoms with E-state index in [9.17, 15) is 14.4 Å². The molecule has 0 saturated carbocycles. The van der Waals surface area contributed by atoms with Gasteiger partial charge in [-0.25, -0.2) is 0 Å². The second-order valence-electron chi connectivity index (χ2n) is 19.5. The summed E-state index contributed by atoms with van der Waals surface area (Å²) in [6.07, 6.45) is 65.6. The first kappa shape index (κ1) is 63.6. The zero-order valence-electron chi connectivity index (χ0n) is 44.2. The van der Waals surface area contributed by atoms with Gasteiger partial charge in [0.25, 0.3) is 0 Å². The fraction of sp³-hybridized carbons (Fsp3) is 0.850. The van der Waals surface area contributed by atoms with E-state index in [1.54, 1.807) is 0 Å². The van der Waals surface area contributed by atoms with Crippen LogP contribution in [0.25, 0.3) is 0 Å². The Balaban J connectivity index is 4.36. The molecule has 1 atom stereocenters. The topological polar surface area (TPSA) is 78.9 Å². The summed E-state index contributed by atoms with van der Waals surface area (Å²) in [5.74, 6) is -0.895. The van der Waals surface area contributed by atoms with Crippen LogP contribution in [0.2, 0.25) is 0 Å². The molecule has 0 heterocycles. The molecule has 0 N–H and O–H groups in total. The second kappa shape index (κ2) is 55.2. The number of ether oxygens (including phenoxy) is 3. The highest BCUT2D eigenvalue weighted by Gasteiger charge is 2.19. The lowest BCUT2D eigenvalue weighted by Crippen LogP contribution is -2.30. The van der Waals surface area contributed by atoms with Crippen molar-refractivity contribution in [3.8, 4) is 0 Å². The molecular formula is C60H110O6. The maximum absolute atomic E-state index is 12.8. The molecule has 0 aliphatic heterocycles. The fourth-order valence-corrected chi connectivity index (χ4v) is 8.43. The predicted molar refractivity (Wildman–Crippen MR) is 284 cm³/mol. The smallest absolute Gasteiger partial charge is 0.306 e. The summed E-state index contributed by atoms with van der Waals surface area (Å²) in [5, 5.41) is 0. The Bertz CT molecular complexity index is 1110. The molecule has 0 aliphatic carbocycles. The third-order valence-electron chi connectivity index (χ3n) is 12.8. The molecule has 0 aromatic carbocycles. The first-order chi connectivity index (χ1) is 32.5. The van der Waals surface area contributed by atoms with Crippen molar-refractivity contribution in [2.75, 3.05) is 13.2 Å². The van der Waals surface area contributed by atoms with Gasteiger partial charge in [-0.05, 0) is 96.3 Å². The van der Waals surface area contributed by atoms with E-state index in [-0.39, 0.29) is 31.1 Å². The number of unbranched alkanes of at least 4 members (excludes halogenated alkanes) is 36. The van der Waals surface area contributed by atoms with E-state index in [4.69, 9.17) is 14.2 Å². The minimum atomic E-state index is -0.782. The Hall–Kier alpha value is -2.37. The standard InChI is InChI=1S/C60H110O6/c1-4-7-10-13-16-19-22-25-27-29-30-31-33-35-38-41-44-47-50-53-59(62)65-56-57(55-64-58(61)52-49-46-43-40-37-34-24-21-18-15-12-9-6-3)66-60(63)54-51-48-45-42-39-36-32-28-26-23-20-17-14-11-8-5-2/h28-30,32,34,37,57H,4-27,31,33,35-36,38-56H2,1-3H3/b30-29-,32-28-,37-34-. The number of esters is 3. The number of carbonyl (C=O) groups excluding carboxylic acids is 3. The van der Waals surface area contributed by atoms with E-state index in [0.29, 0.717) is 19.3 Å². The summed E-state index contributed by atoms with van der Waals surface area (Å²) >= 11 is 0. The van der Waals surface area contributed by atoms with Gasteiger partial charge in [0.1, 0.15) is 13.2 Å². The molecule has 66 heavy (non-hydrogen) atoms. The van der Waals surface area contributed by atoms with Crippen LogP contribution in [0.4, 0.5) is 0 Å². The molecule has 0 fully saturated rings. The third kappa shape index (κ3) is 52.6. The van der Waals surface area contributed by atoms with Gasteiger partial charge in [0.2, 0.25) is 0 Å². The van der Waals surface area contributed by atoms with Crippen LogP contribution >= 0.6 is 0 Å². The number of rotatable bonds is 53. The fourth-order valence-electron chi connectivity index (χ4n) is 8.43. The van der Waals surface area contributed by atoms with Gasteiger partial charge in [-0.2, -0.15) is 0 Å². The Morgan fingerprint density at radius 1 is 0.288 bits per heavy atom. The van der Waals surface area contributed by atoms with Gasteiger partial charge in [0.15, 0.2) is 6.10 Å². The normalized spacial score (nSPS) is 12.2. The average molecular weight is 928 g/mol. The number of carbonyl (C=O) groups is 3. The Kier molecular flexibility index (Phi) is 53.2. The Morgan fingerprint density at radius 3 is 0.773 bits per heavy atom. The molecule has 0 amide bonds. The van der Waals surface area contributed by atoms with Crippen molar-refractivity contribution >= 4 is 17.9 Å². The molecule has 1 unspecified atom stereocenters. The molecule has 0 aromatic heterocycles. The third-order valence-corrected chi connectivity index (χ3v) is 12.8. The highest BCUT2D eigenvalue weighted by Crippen LogP contribution is 2.15. The summed E-state index contributed by atoms with van der Waals surface area (Å²) in [7, 11) is 0. The van der Waals surface area contributed by atoms with Crippen LogP contribution in [-0.4, -0.2) is 37.2 Å². The lowest BCUT2D eigenvalue weighted by atomic mass is 10.1. The second-order valence-corrected chi connectivity index (χ2v) is 19.5. The lowest BCUT2D eigenvalue weighted by Gasteiger charge is -2.18. The number of hydrogen-bond acceptors (Lipinski definition) is 6. The van der Waals surface area contributed by atoms with Gasteiger partial charge in [-0.1, -0.05) is 231 Å². The molecule has 0 saturated heterocycles. The molecule has 6 nitrogen and oxygen atoms in total. The molecule has 0 aliphatic rings. The molecular weight excluding hydrogens is 817 g/mol. The van der Waals surface area contributed by atoms with Gasteiger partial charge in [0.05, 0.1) is 0 Å². The maximum Gasteiger partial charge on any atom is 0.306 e. The summed E-state index contributed by atoms with van der Waals surface area (Å²) < 4.78 is 16.8. The van der Waals surface area contributed by atoms with E-state index >= 15 is 0 Å². The van der Waals surface area contributed by atoms with Crippen LogP contribution in [0.3, 0.4) is 0 Å². The first-order valence-corrected chi connectivity index (χ1v) is 29.0. The largest absolute Gasteiger partial charge is 0.462 e. The molecule has 0 aromatic rings. The van der Waals surface area contributed by atoms with Crippen molar-refractivity contribution in [2.45, 2.75) is 316 Å². The zero-order valence-corrected chi connectivity index (χ0v) is 44.2. The number of hydrogen-bond donors (Lipinski definition) is 0. The molecule has 0 bridgehead atoms. The first-order valence-electron chi connectivity index (χ1n) is 29.0. The van der Waals surface area contributed by atoms with E-state index in [2.05, 4.69) is 57.2 Å². The SMILES string of the molecule is CCCCCCCC/C=C\CCCCCC(=O)OCC(COC(=O)CCCCCCCCC/C=C\CCCCCCCCCC)OC(=O)CCCCCCC/C=C\CCCCCCCCC. The van der Waals surface area contributed by atoms with Crippen molar-refractivity contribution in [1.29, 1.82) is 0 Å². The molecule has 386 valence electrons. The van der Waals surface area contributed by atoms with Crippen molar-refractivity contribution in [3.63, 3.8) is 0 Å². The van der Waals surface area contributed by atoms with Gasteiger partial charge < -0.3 is 14.2 Å². The quantitative estimate of drug-likeness (QED) is 0.0262. The average Bonchev–Trinajstić information content (AvgIpc) is 3.31. The minimum Gasteiger partial charge on any atom is -0.462 e. The highest BCUT2D eigenvalue weighted by atomic mass is 16.6. The van der Waals surface area contributed by atoms with Crippen molar-refractivity contribution in [2.24, 2.45) is 0 Å². The van der Waals surface area contributed by atoms with Crippen molar-refractivity contribution in [1.82, 2.24) is 0 Å². The van der Waals surface area contributed by atoms with Crippen LogP contribution < -0.4 is 0 Å². The van der Waals surface area contributed by atoms with Crippen LogP contribution in [0.1, 0.15) is 310 Å². The summed E-state index contributed by atoms with van der Waals surface area (Å²) in [4.78, 5) is 38.1. The van der Waals surface area contributed by atoms with E-state index < -0.39 is 6.10 Å². The predicted octanol–water partition coefficient (Wildman–Crippen LogP) is 19.3. The summed E-state index contributed by atoms with van der Waals surface area (Å²) in [5.41, 5.74) is 0. The van der Waals surface area contributed by atoms with Crippen molar-refractivity contribution < 1.29 is 28.6 Å². The number of allylic oxidation sites excluding steroid dienone is 6. The lowest BCUT2D eigenvalue weighted by molar-refractivity contribution is -0.167. The van der Waals surface area contributed by atoms with Crippen LogP contribution in [-0.2, 0) is 28.6 Å². The van der Waals surface area contributed by atoms with Crippen LogP contribution in [0.5, 0.6) is 0 Å². The summed E-state index contributed by atoms with van der Waals surface area (Å²) in [6.45, 7) is 6.64. The van der Waals surface area contributed by atoms with E-state index in [1.807, 2.05) is 0 Å². The highest BCUT2D eigenvalue weighted by molar-refractivity contribution is 5.71. The summed E-state index contributed by atoms with van der Waals surface area (Å²) in [6, 6.07) is 0. The van der Waals surface area contributed by atoms with E-state index in [1.165, 1.54) is 193 Å². The van der Waals surface area contributed by atoms with Gasteiger partial charge in [0, 0.05) is 19.3 Å².